The standard InChI is InChI=1S/C16H18N2O3/c1-3-4-8-17-16(20)12-9-15(19)18(11-12)13-6-5-7-14(10-13)21-2/h1,5-7,10,12H,4,8-9,11H2,2H3,(H,17,20). The van der Waals surface area contributed by atoms with Gasteiger partial charge in [0.05, 0.1) is 13.0 Å². The van der Waals surface area contributed by atoms with Gasteiger partial charge in [-0.05, 0) is 12.1 Å². The van der Waals surface area contributed by atoms with Crippen LogP contribution in [0.2, 0.25) is 0 Å². The quantitative estimate of drug-likeness (QED) is 0.653. The van der Waals surface area contributed by atoms with Crippen LogP contribution in [-0.4, -0.2) is 32.0 Å². The molecule has 5 heteroatoms. The van der Waals surface area contributed by atoms with E-state index in [2.05, 4.69) is 11.2 Å². The SMILES string of the molecule is C#CCCNC(=O)C1CC(=O)N(c2cccc(OC)c2)C1. The number of carbonyl (C=O) groups excluding carboxylic acids is 2. The topological polar surface area (TPSA) is 58.6 Å². The van der Waals surface area contributed by atoms with Crippen LogP contribution in [0.5, 0.6) is 5.75 Å². The van der Waals surface area contributed by atoms with Crippen molar-refractivity contribution in [2.45, 2.75) is 12.8 Å². The van der Waals surface area contributed by atoms with Crippen molar-refractivity contribution in [3.63, 3.8) is 0 Å². The summed E-state index contributed by atoms with van der Waals surface area (Å²) in [6.45, 7) is 0.826. The molecule has 2 rings (SSSR count). The number of amides is 2. The summed E-state index contributed by atoms with van der Waals surface area (Å²) < 4.78 is 5.15. The average Bonchev–Trinajstić information content (AvgIpc) is 2.89. The van der Waals surface area contributed by atoms with Crippen LogP contribution in [0.15, 0.2) is 24.3 Å². The number of nitrogens with zero attached hydrogens (tertiary/aromatic N) is 1. The minimum absolute atomic E-state index is 0.0552. The van der Waals surface area contributed by atoms with Gasteiger partial charge >= 0.3 is 0 Å². The second-order valence-corrected chi connectivity index (χ2v) is 4.85. The molecule has 0 radical (unpaired) electrons. The molecule has 1 unspecified atom stereocenters. The molecule has 1 aromatic carbocycles. The smallest absolute Gasteiger partial charge is 0.227 e. The summed E-state index contributed by atoms with van der Waals surface area (Å²) in [4.78, 5) is 25.7. The molecule has 0 bridgehead atoms. The number of terminal acetylenes is 1. The van der Waals surface area contributed by atoms with Gasteiger partial charge < -0.3 is 15.0 Å². The fraction of sp³-hybridized carbons (Fsp3) is 0.375. The molecule has 2 amide bonds. The minimum Gasteiger partial charge on any atom is -0.497 e. The number of rotatable bonds is 5. The van der Waals surface area contributed by atoms with Crippen LogP contribution in [0.3, 0.4) is 0 Å². The molecule has 1 N–H and O–H groups in total. The molecule has 5 nitrogen and oxygen atoms in total. The first-order chi connectivity index (χ1) is 10.2. The summed E-state index contributed by atoms with van der Waals surface area (Å²) in [5.74, 6) is 2.64. The van der Waals surface area contributed by atoms with E-state index in [1.165, 1.54) is 0 Å². The maximum Gasteiger partial charge on any atom is 0.227 e. The van der Waals surface area contributed by atoms with Crippen molar-refractivity contribution in [2.75, 3.05) is 25.1 Å². The van der Waals surface area contributed by atoms with E-state index >= 15 is 0 Å². The van der Waals surface area contributed by atoms with E-state index < -0.39 is 0 Å². The number of anilines is 1. The molecule has 0 aromatic heterocycles. The third-order valence-electron chi connectivity index (χ3n) is 3.43. The Balaban J connectivity index is 2.02. The number of hydrogen-bond donors (Lipinski definition) is 1. The second kappa shape index (κ2) is 6.80. The molecule has 1 fully saturated rings. The molecule has 1 saturated heterocycles. The van der Waals surface area contributed by atoms with Gasteiger partial charge in [0.1, 0.15) is 5.75 Å². The number of methoxy groups -OCH3 is 1. The van der Waals surface area contributed by atoms with Crippen molar-refractivity contribution >= 4 is 17.5 Å². The number of hydrogen-bond acceptors (Lipinski definition) is 3. The van der Waals surface area contributed by atoms with Crippen molar-refractivity contribution in [2.24, 2.45) is 5.92 Å². The summed E-state index contributed by atoms with van der Waals surface area (Å²) in [5, 5.41) is 2.76. The van der Waals surface area contributed by atoms with Crippen LogP contribution < -0.4 is 15.0 Å². The zero-order valence-corrected chi connectivity index (χ0v) is 12.0. The van der Waals surface area contributed by atoms with Crippen molar-refractivity contribution in [1.29, 1.82) is 0 Å². The van der Waals surface area contributed by atoms with Crippen molar-refractivity contribution < 1.29 is 14.3 Å². The number of carbonyl (C=O) groups is 2. The van der Waals surface area contributed by atoms with Crippen LogP contribution in [-0.2, 0) is 9.59 Å². The zero-order chi connectivity index (χ0) is 15.2. The lowest BCUT2D eigenvalue weighted by molar-refractivity contribution is -0.126. The van der Waals surface area contributed by atoms with Gasteiger partial charge in [-0.1, -0.05) is 6.07 Å². The van der Waals surface area contributed by atoms with Gasteiger partial charge in [0.25, 0.3) is 0 Å². The zero-order valence-electron chi connectivity index (χ0n) is 12.0. The predicted octanol–water partition coefficient (Wildman–Crippen LogP) is 1.19. The monoisotopic (exact) mass is 286 g/mol. The summed E-state index contributed by atoms with van der Waals surface area (Å²) in [6.07, 6.45) is 5.85. The normalized spacial score (nSPS) is 17.4. The first kappa shape index (κ1) is 14.9. The highest BCUT2D eigenvalue weighted by Crippen LogP contribution is 2.27. The molecule has 1 atom stereocenters. The van der Waals surface area contributed by atoms with E-state index in [1.807, 2.05) is 18.2 Å². The maximum absolute atomic E-state index is 12.1. The van der Waals surface area contributed by atoms with Crippen LogP contribution >= 0.6 is 0 Å². The van der Waals surface area contributed by atoms with Crippen molar-refractivity contribution in [1.82, 2.24) is 5.32 Å². The lowest BCUT2D eigenvalue weighted by Gasteiger charge is -2.17. The third-order valence-corrected chi connectivity index (χ3v) is 3.43. The second-order valence-electron chi connectivity index (χ2n) is 4.85. The van der Waals surface area contributed by atoms with Crippen LogP contribution in [0.25, 0.3) is 0 Å². The molecule has 0 spiro atoms. The average molecular weight is 286 g/mol. The Morgan fingerprint density at radius 3 is 3.10 bits per heavy atom. The van der Waals surface area contributed by atoms with Gasteiger partial charge in [-0.2, -0.15) is 0 Å². The summed E-state index contributed by atoms with van der Waals surface area (Å²) in [7, 11) is 1.58. The van der Waals surface area contributed by atoms with E-state index in [9.17, 15) is 9.59 Å². The largest absolute Gasteiger partial charge is 0.497 e. The fourth-order valence-corrected chi connectivity index (χ4v) is 2.31. The van der Waals surface area contributed by atoms with E-state index in [0.29, 0.717) is 25.3 Å². The Hall–Kier alpha value is -2.48. The highest BCUT2D eigenvalue weighted by atomic mass is 16.5. The Labute approximate surface area is 124 Å². The molecular weight excluding hydrogens is 268 g/mol. The van der Waals surface area contributed by atoms with Gasteiger partial charge in [0.15, 0.2) is 0 Å². The molecule has 0 saturated carbocycles. The van der Waals surface area contributed by atoms with Gasteiger partial charge in [-0.3, -0.25) is 9.59 Å². The summed E-state index contributed by atoms with van der Waals surface area (Å²) >= 11 is 0. The maximum atomic E-state index is 12.1. The fourth-order valence-electron chi connectivity index (χ4n) is 2.31. The van der Waals surface area contributed by atoms with Crippen LogP contribution in [0.4, 0.5) is 5.69 Å². The van der Waals surface area contributed by atoms with Gasteiger partial charge in [0, 0.05) is 37.7 Å². The number of nitrogens with one attached hydrogen (secondary N) is 1. The molecule has 21 heavy (non-hydrogen) atoms. The van der Waals surface area contributed by atoms with E-state index in [0.717, 1.165) is 5.69 Å². The number of benzene rings is 1. The van der Waals surface area contributed by atoms with Gasteiger partial charge in [0.2, 0.25) is 11.8 Å². The van der Waals surface area contributed by atoms with Crippen LogP contribution in [0, 0.1) is 18.3 Å². The third kappa shape index (κ3) is 3.54. The number of ether oxygens (including phenoxy) is 1. The Morgan fingerprint density at radius 1 is 1.57 bits per heavy atom. The highest BCUT2D eigenvalue weighted by Gasteiger charge is 2.34. The minimum atomic E-state index is -0.332. The molecular formula is C16H18N2O3. The molecule has 1 heterocycles. The van der Waals surface area contributed by atoms with E-state index in [1.54, 1.807) is 18.1 Å². The van der Waals surface area contributed by atoms with Crippen molar-refractivity contribution in [3.8, 4) is 18.1 Å². The highest BCUT2D eigenvalue weighted by molar-refractivity contribution is 6.00. The van der Waals surface area contributed by atoms with Gasteiger partial charge in [-0.25, -0.2) is 0 Å². The van der Waals surface area contributed by atoms with Crippen molar-refractivity contribution in [3.05, 3.63) is 24.3 Å². The molecule has 1 aliphatic rings. The molecule has 1 aliphatic heterocycles. The first-order valence-corrected chi connectivity index (χ1v) is 6.81. The summed E-state index contributed by atoms with van der Waals surface area (Å²) in [5.41, 5.74) is 0.748. The lowest BCUT2D eigenvalue weighted by Crippen LogP contribution is -2.33. The Kier molecular flexibility index (Phi) is 4.83. The molecule has 0 aliphatic carbocycles. The molecule has 110 valence electrons. The Bertz CT molecular complexity index is 577. The van der Waals surface area contributed by atoms with Crippen LogP contribution in [0.1, 0.15) is 12.8 Å². The lowest BCUT2D eigenvalue weighted by atomic mass is 10.1. The van der Waals surface area contributed by atoms with Gasteiger partial charge in [-0.15, -0.1) is 12.3 Å². The first-order valence-electron chi connectivity index (χ1n) is 6.81. The Morgan fingerprint density at radius 2 is 2.38 bits per heavy atom. The van der Waals surface area contributed by atoms with E-state index in [-0.39, 0.29) is 24.2 Å². The van der Waals surface area contributed by atoms with E-state index in [4.69, 9.17) is 11.2 Å². The predicted molar refractivity (Wildman–Crippen MR) is 79.9 cm³/mol. The summed E-state index contributed by atoms with van der Waals surface area (Å²) in [6, 6.07) is 7.26. The molecule has 1 aromatic rings.